The van der Waals surface area contributed by atoms with E-state index in [-0.39, 0.29) is 0 Å². The van der Waals surface area contributed by atoms with Crippen molar-refractivity contribution >= 4 is 38.4 Å². The van der Waals surface area contributed by atoms with Gasteiger partial charge in [-0.2, -0.15) is 0 Å². The zero-order chi connectivity index (χ0) is 15.1. The largest absolute Gasteiger partial charge is 0.481 e. The molecule has 0 aliphatic carbocycles. The fraction of sp³-hybridized carbons (Fsp3) is 0. The van der Waals surface area contributed by atoms with Crippen LogP contribution in [0.1, 0.15) is 5.56 Å². The molecular weight excluding hydrogens is 272 g/mol. The molecular formula is C20H14O2. The molecule has 0 heterocycles. The van der Waals surface area contributed by atoms with E-state index in [1.54, 1.807) is 0 Å². The Kier molecular flexibility index (Phi) is 2.76. The van der Waals surface area contributed by atoms with Crippen molar-refractivity contribution in [2.24, 2.45) is 0 Å². The second-order valence-corrected chi connectivity index (χ2v) is 5.43. The molecule has 0 fully saturated rings. The van der Waals surface area contributed by atoms with Gasteiger partial charge in [0.15, 0.2) is 0 Å². The fourth-order valence-corrected chi connectivity index (χ4v) is 3.09. The van der Waals surface area contributed by atoms with Crippen molar-refractivity contribution in [2.75, 3.05) is 0 Å². The number of hydrogen-bond acceptors (Lipinski definition) is 2. The molecule has 0 atom stereocenters. The van der Waals surface area contributed by atoms with Gasteiger partial charge in [-0.25, -0.2) is 0 Å². The molecule has 0 saturated carbocycles. The van der Waals surface area contributed by atoms with E-state index < -0.39 is 5.95 Å². The van der Waals surface area contributed by atoms with Crippen LogP contribution in [0.2, 0.25) is 0 Å². The number of aliphatic hydroxyl groups is 2. The summed E-state index contributed by atoms with van der Waals surface area (Å²) in [5.41, 5.74) is 0.804. The molecule has 0 aliphatic heterocycles. The lowest BCUT2D eigenvalue weighted by molar-refractivity contribution is 0.197. The van der Waals surface area contributed by atoms with Crippen molar-refractivity contribution in [2.45, 2.75) is 0 Å². The SMILES string of the molecule is OC(O)=Cc1cccc2ccc3cc4ccccc4cc3c12. The van der Waals surface area contributed by atoms with Gasteiger partial charge in [-0.1, -0.05) is 54.6 Å². The average Bonchev–Trinajstić information content (AvgIpc) is 2.52. The van der Waals surface area contributed by atoms with Crippen LogP contribution in [0.25, 0.3) is 38.4 Å². The van der Waals surface area contributed by atoms with E-state index in [9.17, 15) is 10.2 Å². The van der Waals surface area contributed by atoms with E-state index >= 15 is 0 Å². The fourth-order valence-electron chi connectivity index (χ4n) is 3.09. The molecule has 0 amide bonds. The molecule has 2 nitrogen and oxygen atoms in total. The van der Waals surface area contributed by atoms with Crippen molar-refractivity contribution in [3.8, 4) is 0 Å². The number of rotatable bonds is 1. The lowest BCUT2D eigenvalue weighted by Gasteiger charge is -2.09. The molecule has 0 unspecified atom stereocenters. The summed E-state index contributed by atoms with van der Waals surface area (Å²) in [6.07, 6.45) is 1.39. The van der Waals surface area contributed by atoms with E-state index in [0.29, 0.717) is 0 Å². The summed E-state index contributed by atoms with van der Waals surface area (Å²) in [5.74, 6) is -0.676. The summed E-state index contributed by atoms with van der Waals surface area (Å²) in [5, 5.41) is 25.2. The highest BCUT2D eigenvalue weighted by Crippen LogP contribution is 2.32. The Labute approximate surface area is 127 Å². The minimum atomic E-state index is -0.676. The molecule has 106 valence electrons. The minimum Gasteiger partial charge on any atom is -0.481 e. The number of hydrogen-bond donors (Lipinski definition) is 2. The first-order valence-electron chi connectivity index (χ1n) is 7.16. The third kappa shape index (κ3) is 1.97. The van der Waals surface area contributed by atoms with Gasteiger partial charge in [0, 0.05) is 6.08 Å². The Morgan fingerprint density at radius 3 is 2.14 bits per heavy atom. The van der Waals surface area contributed by atoms with Crippen LogP contribution in [-0.4, -0.2) is 10.2 Å². The summed E-state index contributed by atoms with van der Waals surface area (Å²) >= 11 is 0. The maximum atomic E-state index is 9.23. The summed E-state index contributed by atoms with van der Waals surface area (Å²) in [4.78, 5) is 0. The molecule has 0 spiro atoms. The first-order chi connectivity index (χ1) is 10.7. The molecule has 2 heteroatoms. The zero-order valence-electron chi connectivity index (χ0n) is 11.8. The molecule has 0 saturated heterocycles. The molecule has 4 aromatic carbocycles. The van der Waals surface area contributed by atoms with Crippen molar-refractivity contribution in [1.29, 1.82) is 0 Å². The molecule has 0 aromatic heterocycles. The molecule has 4 aromatic rings. The first-order valence-corrected chi connectivity index (χ1v) is 7.16. The predicted octanol–water partition coefficient (Wildman–Crippen LogP) is 5.56. The second kappa shape index (κ2) is 4.78. The number of benzene rings is 4. The van der Waals surface area contributed by atoms with Crippen molar-refractivity contribution in [1.82, 2.24) is 0 Å². The molecule has 0 aliphatic rings. The van der Waals surface area contributed by atoms with Gasteiger partial charge in [0.1, 0.15) is 0 Å². The predicted molar refractivity (Wildman–Crippen MR) is 92.2 cm³/mol. The van der Waals surface area contributed by atoms with E-state index in [4.69, 9.17) is 0 Å². The maximum absolute atomic E-state index is 9.23. The monoisotopic (exact) mass is 286 g/mol. The van der Waals surface area contributed by atoms with Gasteiger partial charge in [-0.05, 0) is 50.0 Å². The van der Waals surface area contributed by atoms with Gasteiger partial charge in [0.25, 0.3) is 5.95 Å². The Bertz CT molecular complexity index is 1040. The van der Waals surface area contributed by atoms with Crippen LogP contribution in [0.3, 0.4) is 0 Å². The van der Waals surface area contributed by atoms with Crippen molar-refractivity contribution < 1.29 is 10.2 Å². The van der Waals surface area contributed by atoms with Crippen LogP contribution in [0, 0.1) is 0 Å². The first kappa shape index (κ1) is 12.7. The van der Waals surface area contributed by atoms with Crippen LogP contribution < -0.4 is 0 Å². The lowest BCUT2D eigenvalue weighted by Crippen LogP contribution is -1.85. The summed E-state index contributed by atoms with van der Waals surface area (Å²) in [7, 11) is 0. The average molecular weight is 286 g/mol. The van der Waals surface area contributed by atoms with Gasteiger partial charge in [-0.3, -0.25) is 0 Å². The highest BCUT2D eigenvalue weighted by atomic mass is 16.5. The third-order valence-electron chi connectivity index (χ3n) is 4.04. The number of fused-ring (bicyclic) bond motifs is 4. The van der Waals surface area contributed by atoms with E-state index in [1.165, 1.54) is 16.8 Å². The minimum absolute atomic E-state index is 0.676. The lowest BCUT2D eigenvalue weighted by atomic mass is 9.95. The van der Waals surface area contributed by atoms with Crippen LogP contribution in [0.4, 0.5) is 0 Å². The summed E-state index contributed by atoms with van der Waals surface area (Å²) < 4.78 is 0. The molecule has 4 rings (SSSR count). The van der Waals surface area contributed by atoms with Crippen LogP contribution in [0.5, 0.6) is 0 Å². The van der Waals surface area contributed by atoms with E-state index in [1.807, 2.05) is 30.3 Å². The van der Waals surface area contributed by atoms with Crippen LogP contribution >= 0.6 is 0 Å². The second-order valence-electron chi connectivity index (χ2n) is 5.43. The Hall–Kier alpha value is -3.00. The zero-order valence-corrected chi connectivity index (χ0v) is 11.8. The van der Waals surface area contributed by atoms with Gasteiger partial charge in [0.05, 0.1) is 0 Å². The Morgan fingerprint density at radius 1 is 0.682 bits per heavy atom. The third-order valence-corrected chi connectivity index (χ3v) is 4.04. The Balaban J connectivity index is 2.21. The number of aliphatic hydroxyl groups excluding tert-OH is 1. The molecule has 0 bridgehead atoms. The van der Waals surface area contributed by atoms with Crippen LogP contribution in [-0.2, 0) is 0 Å². The highest BCUT2D eigenvalue weighted by molar-refractivity contribution is 6.14. The molecule has 0 radical (unpaired) electrons. The van der Waals surface area contributed by atoms with Gasteiger partial charge < -0.3 is 10.2 Å². The summed E-state index contributed by atoms with van der Waals surface area (Å²) in [6, 6.07) is 22.6. The quantitative estimate of drug-likeness (QED) is 0.273. The van der Waals surface area contributed by atoms with Gasteiger partial charge in [-0.15, -0.1) is 0 Å². The van der Waals surface area contributed by atoms with Crippen LogP contribution in [0.15, 0.2) is 72.7 Å². The molecule has 22 heavy (non-hydrogen) atoms. The van der Waals surface area contributed by atoms with Crippen molar-refractivity contribution in [3.05, 3.63) is 78.2 Å². The van der Waals surface area contributed by atoms with Gasteiger partial charge in [0.2, 0.25) is 0 Å². The van der Waals surface area contributed by atoms with E-state index in [2.05, 4.69) is 36.4 Å². The topological polar surface area (TPSA) is 40.5 Å². The normalized spacial score (nSPS) is 11.1. The van der Waals surface area contributed by atoms with E-state index in [0.717, 1.165) is 27.1 Å². The van der Waals surface area contributed by atoms with Crippen molar-refractivity contribution in [3.63, 3.8) is 0 Å². The standard InChI is InChI=1S/C20H14O2/c21-19(22)12-17-7-3-6-13-8-9-16-10-14-4-1-2-5-15(14)11-18(16)20(13)17/h1-12,21-22H. The molecule has 2 N–H and O–H groups in total. The highest BCUT2D eigenvalue weighted by Gasteiger charge is 2.06. The summed E-state index contributed by atoms with van der Waals surface area (Å²) in [6.45, 7) is 0. The maximum Gasteiger partial charge on any atom is 0.274 e. The Morgan fingerprint density at radius 2 is 1.36 bits per heavy atom. The van der Waals surface area contributed by atoms with Gasteiger partial charge >= 0.3 is 0 Å². The smallest absolute Gasteiger partial charge is 0.274 e.